The predicted molar refractivity (Wildman–Crippen MR) is 96.8 cm³/mol. The summed E-state index contributed by atoms with van der Waals surface area (Å²) in [5.41, 5.74) is 1.01. The molecule has 2 heterocycles. The van der Waals surface area contributed by atoms with Gasteiger partial charge in [-0.3, -0.25) is 4.79 Å². The van der Waals surface area contributed by atoms with Crippen molar-refractivity contribution in [3.05, 3.63) is 72.4 Å². The van der Waals surface area contributed by atoms with Crippen molar-refractivity contribution in [3.8, 4) is 17.4 Å². The van der Waals surface area contributed by atoms with E-state index in [1.165, 1.54) is 0 Å². The summed E-state index contributed by atoms with van der Waals surface area (Å²) in [6, 6.07) is 19.4. The van der Waals surface area contributed by atoms with Crippen molar-refractivity contribution in [2.45, 2.75) is 25.8 Å². The molecule has 2 aromatic heterocycles. The maximum Gasteiger partial charge on any atom is 0.223 e. The molecule has 0 radical (unpaired) electrons. The van der Waals surface area contributed by atoms with Gasteiger partial charge in [-0.1, -0.05) is 30.3 Å². The number of nitriles is 1. The van der Waals surface area contributed by atoms with E-state index in [9.17, 15) is 4.79 Å². The summed E-state index contributed by atoms with van der Waals surface area (Å²) in [7, 11) is 0. The zero-order valence-corrected chi connectivity index (χ0v) is 14.4. The van der Waals surface area contributed by atoms with E-state index in [0.717, 1.165) is 17.1 Å². The Morgan fingerprint density at radius 1 is 1.04 bits per heavy atom. The largest absolute Gasteiger partial charge is 0.467 e. The molecule has 3 rings (SSSR count). The number of furan rings is 2. The van der Waals surface area contributed by atoms with Crippen LogP contribution in [0, 0.1) is 11.3 Å². The molecule has 132 valence electrons. The molecule has 0 saturated heterocycles. The maximum absolute atomic E-state index is 12.6. The standard InChI is InChI=1S/C21H20N2O3/c22-13-5-14-23(16-19-8-4-15-25-19)21(24)12-10-18-9-11-20(26-18)17-6-2-1-3-7-17/h1-4,6-9,11,15H,5,10,12,14,16H2. The third-order valence-corrected chi connectivity index (χ3v) is 4.08. The molecule has 0 aliphatic heterocycles. The quantitative estimate of drug-likeness (QED) is 0.604. The van der Waals surface area contributed by atoms with Crippen LogP contribution in [-0.2, 0) is 17.8 Å². The van der Waals surface area contributed by atoms with E-state index in [0.29, 0.717) is 38.1 Å². The molecule has 0 aliphatic rings. The molecule has 0 aliphatic carbocycles. The first-order valence-corrected chi connectivity index (χ1v) is 8.57. The summed E-state index contributed by atoms with van der Waals surface area (Å²) >= 11 is 0. The highest BCUT2D eigenvalue weighted by Crippen LogP contribution is 2.22. The van der Waals surface area contributed by atoms with Gasteiger partial charge in [0.2, 0.25) is 5.91 Å². The molecule has 0 fully saturated rings. The number of hydrogen-bond acceptors (Lipinski definition) is 4. The zero-order valence-electron chi connectivity index (χ0n) is 14.4. The second kappa shape index (κ2) is 8.72. The molecular weight excluding hydrogens is 328 g/mol. The molecule has 26 heavy (non-hydrogen) atoms. The molecule has 0 unspecified atom stereocenters. The Hall–Kier alpha value is -3.26. The van der Waals surface area contributed by atoms with Gasteiger partial charge in [0.25, 0.3) is 0 Å². The molecule has 0 N–H and O–H groups in total. The van der Waals surface area contributed by atoms with Crippen LogP contribution >= 0.6 is 0 Å². The molecular formula is C21H20N2O3. The summed E-state index contributed by atoms with van der Waals surface area (Å²) in [6.45, 7) is 0.768. The number of hydrogen-bond donors (Lipinski definition) is 0. The Balaban J connectivity index is 1.59. The summed E-state index contributed by atoms with van der Waals surface area (Å²) < 4.78 is 11.2. The fraction of sp³-hybridized carbons (Fsp3) is 0.238. The monoisotopic (exact) mass is 348 g/mol. The molecule has 0 spiro atoms. The lowest BCUT2D eigenvalue weighted by molar-refractivity contribution is -0.132. The normalized spacial score (nSPS) is 10.4. The molecule has 0 saturated carbocycles. The van der Waals surface area contributed by atoms with E-state index in [1.54, 1.807) is 17.2 Å². The minimum atomic E-state index is -0.0192. The van der Waals surface area contributed by atoms with Crippen molar-refractivity contribution in [1.82, 2.24) is 4.90 Å². The van der Waals surface area contributed by atoms with Gasteiger partial charge in [-0.25, -0.2) is 0 Å². The van der Waals surface area contributed by atoms with Gasteiger partial charge in [0.15, 0.2) is 0 Å². The molecule has 5 heteroatoms. The van der Waals surface area contributed by atoms with Crippen LogP contribution < -0.4 is 0 Å². The number of carbonyl (C=O) groups is 1. The van der Waals surface area contributed by atoms with Gasteiger partial charge in [-0.15, -0.1) is 0 Å². The number of benzene rings is 1. The first-order valence-electron chi connectivity index (χ1n) is 8.57. The average molecular weight is 348 g/mol. The third-order valence-electron chi connectivity index (χ3n) is 4.08. The lowest BCUT2D eigenvalue weighted by Crippen LogP contribution is -2.31. The van der Waals surface area contributed by atoms with Crippen LogP contribution in [0.3, 0.4) is 0 Å². The van der Waals surface area contributed by atoms with Crippen LogP contribution in [0.25, 0.3) is 11.3 Å². The third kappa shape index (κ3) is 4.64. The van der Waals surface area contributed by atoms with Gasteiger partial charge >= 0.3 is 0 Å². The van der Waals surface area contributed by atoms with Crippen molar-refractivity contribution in [3.63, 3.8) is 0 Å². The SMILES string of the molecule is N#CCCN(Cc1ccco1)C(=O)CCc1ccc(-c2ccccc2)o1. The van der Waals surface area contributed by atoms with E-state index in [2.05, 4.69) is 6.07 Å². The van der Waals surface area contributed by atoms with Gasteiger partial charge in [-0.05, 0) is 24.3 Å². The number of rotatable bonds is 8. The smallest absolute Gasteiger partial charge is 0.223 e. The molecule has 0 atom stereocenters. The van der Waals surface area contributed by atoms with E-state index in [1.807, 2.05) is 48.5 Å². The fourth-order valence-electron chi connectivity index (χ4n) is 2.73. The Bertz CT molecular complexity index is 860. The number of aryl methyl sites for hydroxylation is 1. The van der Waals surface area contributed by atoms with Crippen LogP contribution in [0.5, 0.6) is 0 Å². The van der Waals surface area contributed by atoms with Crippen LogP contribution in [0.1, 0.15) is 24.4 Å². The molecule has 3 aromatic rings. The predicted octanol–water partition coefficient (Wildman–Crippen LogP) is 4.41. The number of carbonyl (C=O) groups excluding carboxylic acids is 1. The fourth-order valence-corrected chi connectivity index (χ4v) is 2.73. The van der Waals surface area contributed by atoms with Crippen LogP contribution in [0.4, 0.5) is 0 Å². The number of nitrogens with zero attached hydrogens (tertiary/aromatic N) is 2. The highest BCUT2D eigenvalue weighted by atomic mass is 16.3. The van der Waals surface area contributed by atoms with Crippen molar-refractivity contribution < 1.29 is 13.6 Å². The highest BCUT2D eigenvalue weighted by Gasteiger charge is 2.16. The summed E-state index contributed by atoms with van der Waals surface area (Å²) in [4.78, 5) is 14.2. The Kier molecular flexibility index (Phi) is 5.89. The Morgan fingerprint density at radius 3 is 2.62 bits per heavy atom. The summed E-state index contributed by atoms with van der Waals surface area (Å²) in [5.74, 6) is 2.26. The first-order chi connectivity index (χ1) is 12.8. The minimum absolute atomic E-state index is 0.0192. The van der Waals surface area contributed by atoms with E-state index >= 15 is 0 Å². The van der Waals surface area contributed by atoms with Crippen LogP contribution in [0.15, 0.2) is 69.7 Å². The molecule has 5 nitrogen and oxygen atoms in total. The highest BCUT2D eigenvalue weighted by molar-refractivity contribution is 5.76. The molecule has 0 bridgehead atoms. The number of amides is 1. The van der Waals surface area contributed by atoms with Crippen molar-refractivity contribution in [1.29, 1.82) is 5.26 Å². The van der Waals surface area contributed by atoms with Gasteiger partial charge in [0, 0.05) is 24.9 Å². The zero-order chi connectivity index (χ0) is 18.2. The van der Waals surface area contributed by atoms with Gasteiger partial charge in [0.1, 0.15) is 17.3 Å². The lowest BCUT2D eigenvalue weighted by atomic mass is 10.2. The van der Waals surface area contributed by atoms with Gasteiger partial charge < -0.3 is 13.7 Å². The molecule has 1 aromatic carbocycles. The van der Waals surface area contributed by atoms with Crippen LogP contribution in [0.2, 0.25) is 0 Å². The minimum Gasteiger partial charge on any atom is -0.467 e. The Labute approximate surface area is 152 Å². The topological polar surface area (TPSA) is 70.4 Å². The van der Waals surface area contributed by atoms with E-state index < -0.39 is 0 Å². The van der Waals surface area contributed by atoms with Crippen molar-refractivity contribution in [2.24, 2.45) is 0 Å². The van der Waals surface area contributed by atoms with Crippen molar-refractivity contribution in [2.75, 3.05) is 6.54 Å². The summed E-state index contributed by atoms with van der Waals surface area (Å²) in [6.07, 6.45) is 2.72. The van der Waals surface area contributed by atoms with E-state index in [-0.39, 0.29) is 5.91 Å². The molecule has 1 amide bonds. The average Bonchev–Trinajstić information content (AvgIpc) is 3.36. The van der Waals surface area contributed by atoms with E-state index in [4.69, 9.17) is 14.1 Å². The van der Waals surface area contributed by atoms with Gasteiger partial charge in [-0.2, -0.15) is 5.26 Å². The first kappa shape index (κ1) is 17.6. The second-order valence-corrected chi connectivity index (χ2v) is 5.93. The Morgan fingerprint density at radius 2 is 1.88 bits per heavy atom. The van der Waals surface area contributed by atoms with Crippen molar-refractivity contribution >= 4 is 5.91 Å². The lowest BCUT2D eigenvalue weighted by Gasteiger charge is -2.20. The second-order valence-electron chi connectivity index (χ2n) is 5.93. The maximum atomic E-state index is 12.6. The summed E-state index contributed by atoms with van der Waals surface area (Å²) in [5, 5.41) is 8.82. The van der Waals surface area contributed by atoms with Gasteiger partial charge in [0.05, 0.1) is 25.3 Å². The van der Waals surface area contributed by atoms with Crippen LogP contribution in [-0.4, -0.2) is 17.4 Å².